The third kappa shape index (κ3) is 3.60. The van der Waals surface area contributed by atoms with Crippen LogP contribution in [0.5, 0.6) is 0 Å². The summed E-state index contributed by atoms with van der Waals surface area (Å²) in [5.74, 6) is 0.673. The van der Waals surface area contributed by atoms with Crippen molar-refractivity contribution in [2.45, 2.75) is 20.8 Å². The average Bonchev–Trinajstić information content (AvgIpc) is 2.96. The van der Waals surface area contributed by atoms with Gasteiger partial charge in [0.1, 0.15) is 5.82 Å². The first-order valence-corrected chi connectivity index (χ1v) is 7.74. The highest BCUT2D eigenvalue weighted by atomic mass is 16.1. The van der Waals surface area contributed by atoms with Crippen LogP contribution in [0.4, 0.5) is 5.82 Å². The second-order valence-corrected chi connectivity index (χ2v) is 5.70. The van der Waals surface area contributed by atoms with Crippen molar-refractivity contribution in [1.82, 2.24) is 20.0 Å². The summed E-state index contributed by atoms with van der Waals surface area (Å²) in [5.41, 5.74) is 2.55. The van der Waals surface area contributed by atoms with E-state index in [1.165, 1.54) is 11.6 Å². The number of hydrogen-bond donors (Lipinski definition) is 1. The van der Waals surface area contributed by atoms with E-state index in [-0.39, 0.29) is 11.7 Å². The van der Waals surface area contributed by atoms with Crippen molar-refractivity contribution in [2.24, 2.45) is 0 Å². The van der Waals surface area contributed by atoms with Gasteiger partial charge < -0.3 is 5.32 Å². The Morgan fingerprint density at radius 3 is 2.20 bits per heavy atom. The Hall–Kier alpha value is -3.35. The van der Waals surface area contributed by atoms with Gasteiger partial charge >= 0.3 is 0 Å². The summed E-state index contributed by atoms with van der Waals surface area (Å²) in [6, 6.07) is 11.9. The standard InChI is InChI=1S/C18H17N5O2/c1-11-4-9-16(21-20-11)23-17(10-12(2)22-23)19-18(25)15-7-5-14(6-8-15)13(3)24/h4-10H,1-3H3,(H,19,25). The van der Waals surface area contributed by atoms with Crippen molar-refractivity contribution in [3.63, 3.8) is 0 Å². The van der Waals surface area contributed by atoms with Crippen LogP contribution in [0.2, 0.25) is 0 Å². The Labute approximate surface area is 144 Å². The first-order chi connectivity index (χ1) is 11.9. The SMILES string of the molecule is CC(=O)c1ccc(C(=O)Nc2cc(C)nn2-c2ccc(C)nn2)cc1. The third-order valence-corrected chi connectivity index (χ3v) is 3.63. The summed E-state index contributed by atoms with van der Waals surface area (Å²) < 4.78 is 1.53. The van der Waals surface area contributed by atoms with Crippen LogP contribution in [0.15, 0.2) is 42.5 Å². The van der Waals surface area contributed by atoms with Crippen LogP contribution in [0.25, 0.3) is 5.82 Å². The van der Waals surface area contributed by atoms with Crippen LogP contribution < -0.4 is 5.32 Å². The first kappa shape index (κ1) is 16.5. The zero-order valence-electron chi connectivity index (χ0n) is 14.1. The molecule has 0 unspecified atom stereocenters. The maximum absolute atomic E-state index is 12.5. The Morgan fingerprint density at radius 2 is 1.60 bits per heavy atom. The highest BCUT2D eigenvalue weighted by Gasteiger charge is 2.14. The lowest BCUT2D eigenvalue weighted by atomic mass is 10.1. The van der Waals surface area contributed by atoms with Crippen molar-refractivity contribution >= 4 is 17.5 Å². The number of hydrogen-bond acceptors (Lipinski definition) is 5. The molecule has 1 amide bonds. The highest BCUT2D eigenvalue weighted by Crippen LogP contribution is 2.16. The quantitative estimate of drug-likeness (QED) is 0.740. The molecule has 0 atom stereocenters. The van der Waals surface area contributed by atoms with Crippen molar-refractivity contribution in [2.75, 3.05) is 5.32 Å². The fourth-order valence-electron chi connectivity index (χ4n) is 2.31. The third-order valence-electron chi connectivity index (χ3n) is 3.63. The lowest BCUT2D eigenvalue weighted by Crippen LogP contribution is -2.16. The average molecular weight is 335 g/mol. The Kier molecular flexibility index (Phi) is 4.38. The van der Waals surface area contributed by atoms with Crippen molar-refractivity contribution in [3.05, 3.63) is 65.0 Å². The molecule has 3 rings (SSSR count). The van der Waals surface area contributed by atoms with Gasteiger partial charge in [0.25, 0.3) is 5.91 Å². The van der Waals surface area contributed by atoms with E-state index in [0.717, 1.165) is 11.4 Å². The van der Waals surface area contributed by atoms with E-state index in [1.807, 2.05) is 19.9 Å². The number of carbonyl (C=O) groups is 2. The van der Waals surface area contributed by atoms with Gasteiger partial charge in [-0.25, -0.2) is 0 Å². The highest BCUT2D eigenvalue weighted by molar-refractivity contribution is 6.04. The summed E-state index contributed by atoms with van der Waals surface area (Å²) in [7, 11) is 0. The van der Waals surface area contributed by atoms with E-state index in [9.17, 15) is 9.59 Å². The zero-order valence-corrected chi connectivity index (χ0v) is 14.1. The summed E-state index contributed by atoms with van der Waals surface area (Å²) in [5, 5.41) is 15.3. The van der Waals surface area contributed by atoms with E-state index in [2.05, 4.69) is 20.6 Å². The van der Waals surface area contributed by atoms with Gasteiger partial charge in [0.2, 0.25) is 0 Å². The Bertz CT molecular complexity index is 927. The molecule has 7 heteroatoms. The second kappa shape index (κ2) is 6.64. The van der Waals surface area contributed by atoms with Gasteiger partial charge in [0, 0.05) is 17.2 Å². The lowest BCUT2D eigenvalue weighted by Gasteiger charge is -2.08. The van der Waals surface area contributed by atoms with Crippen molar-refractivity contribution in [3.8, 4) is 5.82 Å². The van der Waals surface area contributed by atoms with Gasteiger partial charge in [-0.1, -0.05) is 12.1 Å². The molecule has 0 bridgehead atoms. The first-order valence-electron chi connectivity index (χ1n) is 7.74. The molecule has 0 fully saturated rings. The molecule has 3 aromatic rings. The van der Waals surface area contributed by atoms with Crippen LogP contribution in [-0.2, 0) is 0 Å². The Morgan fingerprint density at radius 1 is 0.920 bits per heavy atom. The summed E-state index contributed by atoms with van der Waals surface area (Å²) in [4.78, 5) is 23.8. The molecule has 126 valence electrons. The van der Waals surface area contributed by atoms with Gasteiger partial charge in [-0.05, 0) is 45.0 Å². The number of carbonyl (C=O) groups excluding carboxylic acids is 2. The number of Topliss-reactive ketones (excluding diaryl/α,β-unsaturated/α-hetero) is 1. The summed E-state index contributed by atoms with van der Waals surface area (Å²) in [6.07, 6.45) is 0. The largest absolute Gasteiger partial charge is 0.306 e. The summed E-state index contributed by atoms with van der Waals surface area (Å²) in [6.45, 7) is 5.16. The number of anilines is 1. The van der Waals surface area contributed by atoms with E-state index >= 15 is 0 Å². The molecule has 2 heterocycles. The molecule has 0 spiro atoms. The fraction of sp³-hybridized carbons (Fsp3) is 0.167. The van der Waals surface area contributed by atoms with Gasteiger partial charge in [0.15, 0.2) is 11.6 Å². The van der Waals surface area contributed by atoms with Crippen LogP contribution >= 0.6 is 0 Å². The molecule has 0 saturated carbocycles. The Balaban J connectivity index is 1.86. The van der Waals surface area contributed by atoms with Gasteiger partial charge in [-0.2, -0.15) is 14.9 Å². The lowest BCUT2D eigenvalue weighted by molar-refractivity contribution is 0.100. The maximum atomic E-state index is 12.5. The number of amides is 1. The molecular weight excluding hydrogens is 318 g/mol. The van der Waals surface area contributed by atoms with E-state index in [0.29, 0.717) is 22.8 Å². The summed E-state index contributed by atoms with van der Waals surface area (Å²) >= 11 is 0. The molecule has 0 aliphatic heterocycles. The zero-order chi connectivity index (χ0) is 18.0. The molecular formula is C18H17N5O2. The molecule has 2 aromatic heterocycles. The van der Waals surface area contributed by atoms with E-state index < -0.39 is 0 Å². The van der Waals surface area contributed by atoms with Crippen LogP contribution in [-0.4, -0.2) is 31.7 Å². The van der Waals surface area contributed by atoms with Crippen molar-refractivity contribution < 1.29 is 9.59 Å². The number of aryl methyl sites for hydroxylation is 2. The second-order valence-electron chi connectivity index (χ2n) is 5.70. The molecule has 0 aliphatic rings. The monoisotopic (exact) mass is 335 g/mol. The fourth-order valence-corrected chi connectivity index (χ4v) is 2.31. The number of benzene rings is 1. The van der Waals surface area contributed by atoms with Crippen LogP contribution in [0.1, 0.15) is 39.0 Å². The van der Waals surface area contributed by atoms with Crippen LogP contribution in [0.3, 0.4) is 0 Å². The number of nitrogens with one attached hydrogen (secondary N) is 1. The minimum atomic E-state index is -0.295. The smallest absolute Gasteiger partial charge is 0.256 e. The number of ketones is 1. The topological polar surface area (TPSA) is 89.8 Å². The molecule has 0 radical (unpaired) electrons. The number of rotatable bonds is 4. The van der Waals surface area contributed by atoms with Gasteiger partial charge in [0.05, 0.1) is 11.4 Å². The van der Waals surface area contributed by atoms with Gasteiger partial charge in [-0.3, -0.25) is 9.59 Å². The van der Waals surface area contributed by atoms with Gasteiger partial charge in [-0.15, -0.1) is 5.10 Å². The van der Waals surface area contributed by atoms with Crippen molar-refractivity contribution in [1.29, 1.82) is 0 Å². The van der Waals surface area contributed by atoms with E-state index in [1.54, 1.807) is 36.4 Å². The molecule has 1 N–H and O–H groups in total. The molecule has 25 heavy (non-hydrogen) atoms. The van der Waals surface area contributed by atoms with E-state index in [4.69, 9.17) is 0 Å². The predicted molar refractivity (Wildman–Crippen MR) is 93.0 cm³/mol. The molecule has 7 nitrogen and oxygen atoms in total. The molecule has 1 aromatic carbocycles. The minimum Gasteiger partial charge on any atom is -0.306 e. The maximum Gasteiger partial charge on any atom is 0.256 e. The normalized spacial score (nSPS) is 10.5. The molecule has 0 aliphatic carbocycles. The minimum absolute atomic E-state index is 0.0430. The van der Waals surface area contributed by atoms with Crippen LogP contribution in [0, 0.1) is 13.8 Å². The molecule has 0 saturated heterocycles. The number of nitrogens with zero attached hydrogens (tertiary/aromatic N) is 4. The predicted octanol–water partition coefficient (Wildman–Crippen LogP) is 2.73. The number of aromatic nitrogens is 4.